The fourth-order valence-electron chi connectivity index (χ4n) is 0.577. The van der Waals surface area contributed by atoms with E-state index in [4.69, 9.17) is 5.73 Å². The van der Waals surface area contributed by atoms with E-state index in [0.717, 1.165) is 0 Å². The van der Waals surface area contributed by atoms with E-state index in [-0.39, 0.29) is 5.69 Å². The van der Waals surface area contributed by atoms with Crippen molar-refractivity contribution < 1.29 is 4.79 Å². The summed E-state index contributed by atoms with van der Waals surface area (Å²) < 4.78 is 0. The maximum atomic E-state index is 10.5. The number of hydrogen-bond donors (Lipinski definition) is 3. The number of rotatable bonds is 2. The van der Waals surface area contributed by atoms with Gasteiger partial charge in [-0.15, -0.1) is 10.2 Å². The summed E-state index contributed by atoms with van der Waals surface area (Å²) in [5, 5.41) is 12.0. The number of primary amides is 1. The van der Waals surface area contributed by atoms with Crippen LogP contribution in [0.2, 0.25) is 0 Å². The van der Waals surface area contributed by atoms with Crippen molar-refractivity contribution in [3.05, 3.63) is 5.69 Å². The molecule has 4 N–H and O–H groups in total. The molecule has 0 unspecified atom stereocenters. The summed E-state index contributed by atoms with van der Waals surface area (Å²) in [6.07, 6.45) is 0. The van der Waals surface area contributed by atoms with Crippen LogP contribution >= 0.6 is 0 Å². The highest BCUT2D eigenvalue weighted by Crippen LogP contribution is 2.03. The molecular weight excluding hydrogens is 134 g/mol. The SMILES string of the molecule is CNc1n[nH]nc1C(N)=O. The van der Waals surface area contributed by atoms with E-state index >= 15 is 0 Å². The Hall–Kier alpha value is -1.59. The van der Waals surface area contributed by atoms with Crippen LogP contribution in [-0.4, -0.2) is 28.4 Å². The Morgan fingerprint density at radius 2 is 2.40 bits per heavy atom. The molecular formula is C4H7N5O. The highest BCUT2D eigenvalue weighted by molar-refractivity contribution is 5.95. The zero-order chi connectivity index (χ0) is 7.56. The molecule has 0 radical (unpaired) electrons. The molecule has 0 atom stereocenters. The number of nitrogens with one attached hydrogen (secondary N) is 2. The Kier molecular flexibility index (Phi) is 1.53. The van der Waals surface area contributed by atoms with Gasteiger partial charge in [-0.1, -0.05) is 0 Å². The van der Waals surface area contributed by atoms with Gasteiger partial charge in [0.15, 0.2) is 11.5 Å². The van der Waals surface area contributed by atoms with E-state index in [0.29, 0.717) is 5.82 Å². The molecule has 0 aliphatic rings. The van der Waals surface area contributed by atoms with Crippen LogP contribution in [0.3, 0.4) is 0 Å². The number of aromatic nitrogens is 3. The van der Waals surface area contributed by atoms with E-state index < -0.39 is 5.91 Å². The number of aromatic amines is 1. The van der Waals surface area contributed by atoms with Crippen LogP contribution in [-0.2, 0) is 0 Å². The van der Waals surface area contributed by atoms with Crippen LogP contribution in [0, 0.1) is 0 Å². The number of carbonyl (C=O) groups is 1. The first-order valence-corrected chi connectivity index (χ1v) is 2.64. The molecule has 0 spiro atoms. The fraction of sp³-hybridized carbons (Fsp3) is 0.250. The summed E-state index contributed by atoms with van der Waals surface area (Å²) in [5.41, 5.74) is 5.06. The summed E-state index contributed by atoms with van der Waals surface area (Å²) in [7, 11) is 1.63. The third kappa shape index (κ3) is 0.903. The van der Waals surface area contributed by atoms with E-state index in [9.17, 15) is 4.79 Å². The highest BCUT2D eigenvalue weighted by Gasteiger charge is 2.10. The molecule has 1 heterocycles. The third-order valence-electron chi connectivity index (χ3n) is 1.02. The van der Waals surface area contributed by atoms with E-state index in [2.05, 4.69) is 20.7 Å². The molecule has 0 fully saturated rings. The molecule has 0 aromatic carbocycles. The second-order valence-corrected chi connectivity index (χ2v) is 1.64. The largest absolute Gasteiger partial charge is 0.370 e. The van der Waals surface area contributed by atoms with Crippen molar-refractivity contribution in [1.29, 1.82) is 0 Å². The highest BCUT2D eigenvalue weighted by atomic mass is 16.1. The topological polar surface area (TPSA) is 96.7 Å². The Labute approximate surface area is 56.8 Å². The quantitative estimate of drug-likeness (QED) is 0.489. The van der Waals surface area contributed by atoms with Gasteiger partial charge in [0.05, 0.1) is 0 Å². The first-order chi connectivity index (χ1) is 4.75. The molecule has 54 valence electrons. The van der Waals surface area contributed by atoms with E-state index in [1.54, 1.807) is 7.05 Å². The number of nitrogens with two attached hydrogens (primary N) is 1. The second-order valence-electron chi connectivity index (χ2n) is 1.64. The number of nitrogens with zero attached hydrogens (tertiary/aromatic N) is 2. The minimum absolute atomic E-state index is 0.127. The zero-order valence-electron chi connectivity index (χ0n) is 5.38. The van der Waals surface area contributed by atoms with Crippen molar-refractivity contribution in [2.75, 3.05) is 12.4 Å². The Morgan fingerprint density at radius 1 is 1.70 bits per heavy atom. The molecule has 6 nitrogen and oxygen atoms in total. The molecule has 1 amide bonds. The Morgan fingerprint density at radius 3 is 2.80 bits per heavy atom. The van der Waals surface area contributed by atoms with Crippen LogP contribution in [0.1, 0.15) is 10.5 Å². The Balaban J connectivity index is 3.01. The second kappa shape index (κ2) is 2.34. The minimum atomic E-state index is -0.599. The summed E-state index contributed by atoms with van der Waals surface area (Å²) >= 11 is 0. The van der Waals surface area contributed by atoms with Gasteiger partial charge in [-0.05, 0) is 0 Å². The van der Waals surface area contributed by atoms with Gasteiger partial charge in [-0.3, -0.25) is 4.79 Å². The molecule has 1 aromatic rings. The summed E-state index contributed by atoms with van der Waals surface area (Å²) in [6.45, 7) is 0. The van der Waals surface area contributed by atoms with Gasteiger partial charge in [0.2, 0.25) is 0 Å². The summed E-state index contributed by atoms with van der Waals surface area (Å²) in [6, 6.07) is 0. The predicted molar refractivity (Wildman–Crippen MR) is 34.4 cm³/mol. The first kappa shape index (κ1) is 6.53. The van der Waals surface area contributed by atoms with Gasteiger partial charge in [-0.2, -0.15) is 5.21 Å². The Bertz CT molecular complexity index is 242. The van der Waals surface area contributed by atoms with Crippen LogP contribution in [0.5, 0.6) is 0 Å². The summed E-state index contributed by atoms with van der Waals surface area (Å²) in [4.78, 5) is 10.5. The monoisotopic (exact) mass is 141 g/mol. The average Bonchev–Trinajstić information content (AvgIpc) is 2.33. The minimum Gasteiger partial charge on any atom is -0.370 e. The van der Waals surface area contributed by atoms with Crippen LogP contribution in [0.25, 0.3) is 0 Å². The van der Waals surface area contributed by atoms with Gasteiger partial charge in [0, 0.05) is 7.05 Å². The van der Waals surface area contributed by atoms with Crippen LogP contribution < -0.4 is 11.1 Å². The molecule has 0 aliphatic carbocycles. The molecule has 1 rings (SSSR count). The molecule has 0 saturated carbocycles. The van der Waals surface area contributed by atoms with Crippen LogP contribution in [0.15, 0.2) is 0 Å². The molecule has 0 bridgehead atoms. The van der Waals surface area contributed by atoms with Crippen molar-refractivity contribution in [1.82, 2.24) is 15.4 Å². The lowest BCUT2D eigenvalue weighted by Crippen LogP contribution is -2.13. The maximum absolute atomic E-state index is 10.5. The molecule has 6 heteroatoms. The van der Waals surface area contributed by atoms with Crippen molar-refractivity contribution in [3.8, 4) is 0 Å². The normalized spacial score (nSPS) is 9.30. The van der Waals surface area contributed by atoms with Crippen molar-refractivity contribution in [2.45, 2.75) is 0 Å². The van der Waals surface area contributed by atoms with Gasteiger partial charge in [0.1, 0.15) is 0 Å². The van der Waals surface area contributed by atoms with Crippen molar-refractivity contribution in [3.63, 3.8) is 0 Å². The van der Waals surface area contributed by atoms with Crippen molar-refractivity contribution >= 4 is 11.7 Å². The molecule has 0 aliphatic heterocycles. The number of amides is 1. The lowest BCUT2D eigenvalue weighted by atomic mass is 10.4. The van der Waals surface area contributed by atoms with E-state index in [1.165, 1.54) is 0 Å². The predicted octanol–water partition coefficient (Wildman–Crippen LogP) is -1.05. The van der Waals surface area contributed by atoms with Crippen molar-refractivity contribution in [2.24, 2.45) is 5.73 Å². The third-order valence-corrected chi connectivity index (χ3v) is 1.02. The fourth-order valence-corrected chi connectivity index (χ4v) is 0.577. The average molecular weight is 141 g/mol. The lowest BCUT2D eigenvalue weighted by molar-refractivity contribution is 0.0996. The summed E-state index contributed by atoms with van der Waals surface area (Å²) in [5.74, 6) is -0.231. The number of anilines is 1. The molecule has 0 saturated heterocycles. The zero-order valence-corrected chi connectivity index (χ0v) is 5.38. The van der Waals surface area contributed by atoms with Gasteiger partial charge < -0.3 is 11.1 Å². The molecule has 10 heavy (non-hydrogen) atoms. The first-order valence-electron chi connectivity index (χ1n) is 2.64. The lowest BCUT2D eigenvalue weighted by Gasteiger charge is -1.91. The number of hydrogen-bond acceptors (Lipinski definition) is 4. The van der Waals surface area contributed by atoms with Gasteiger partial charge in [0.25, 0.3) is 5.91 Å². The van der Waals surface area contributed by atoms with Gasteiger partial charge >= 0.3 is 0 Å². The smallest absolute Gasteiger partial charge is 0.273 e. The number of carbonyl (C=O) groups excluding carboxylic acids is 1. The standard InChI is InChI=1S/C4H7N5O/c1-6-4-2(3(5)10)7-9-8-4/h1H3,(H2,5,10)(H2,6,7,8,9). The van der Waals surface area contributed by atoms with Gasteiger partial charge in [-0.25, -0.2) is 0 Å². The maximum Gasteiger partial charge on any atom is 0.273 e. The van der Waals surface area contributed by atoms with E-state index in [1.807, 2.05) is 0 Å². The van der Waals surface area contributed by atoms with Crippen LogP contribution in [0.4, 0.5) is 5.82 Å². The molecule has 1 aromatic heterocycles. The number of H-pyrrole nitrogens is 1.